The molecule has 6 heteroatoms. The molecule has 1 fully saturated rings. The van der Waals surface area contributed by atoms with Crippen LogP contribution in [0, 0.1) is 13.8 Å². The van der Waals surface area contributed by atoms with Crippen molar-refractivity contribution in [2.24, 2.45) is 0 Å². The van der Waals surface area contributed by atoms with E-state index in [0.717, 1.165) is 48.7 Å². The van der Waals surface area contributed by atoms with Crippen LogP contribution in [0.2, 0.25) is 0 Å². The van der Waals surface area contributed by atoms with Crippen molar-refractivity contribution in [2.75, 3.05) is 37.8 Å². The molecule has 28 heavy (non-hydrogen) atoms. The molecule has 1 aliphatic rings. The first kappa shape index (κ1) is 19.8. The van der Waals surface area contributed by atoms with Crippen LogP contribution < -0.4 is 20.5 Å². The van der Waals surface area contributed by atoms with Gasteiger partial charge in [-0.2, -0.15) is 0 Å². The number of hydrogen-bond donors (Lipinski definition) is 2. The average Bonchev–Trinajstić information content (AvgIpc) is 2.70. The summed E-state index contributed by atoms with van der Waals surface area (Å²) < 4.78 is 10.9. The highest BCUT2D eigenvalue weighted by Gasteiger charge is 2.11. The maximum atomic E-state index is 12.0. The monoisotopic (exact) mass is 381 g/mol. The van der Waals surface area contributed by atoms with Gasteiger partial charge in [-0.15, -0.1) is 0 Å². The minimum Gasteiger partial charge on any atom is -0.484 e. The molecule has 0 unspecified atom stereocenters. The number of carbonyl (C=O) groups is 1. The number of anilines is 1. The standard InChI is InChI=1S/C22H27N3O3/c1-16-12-17(2)14-21(13-16)28-15-22(26)24-23-18(3)19-4-6-20(7-5-19)25-8-10-27-11-9-25/h4-7,12-14,23H,3,8-11,15H2,1-2H3,(H,24,26). The Labute approximate surface area is 166 Å². The summed E-state index contributed by atoms with van der Waals surface area (Å²) in [5.74, 6) is 0.412. The van der Waals surface area contributed by atoms with E-state index < -0.39 is 0 Å². The summed E-state index contributed by atoms with van der Waals surface area (Å²) in [6.45, 7) is 11.2. The van der Waals surface area contributed by atoms with Crippen molar-refractivity contribution in [2.45, 2.75) is 13.8 Å². The van der Waals surface area contributed by atoms with E-state index in [0.29, 0.717) is 11.4 Å². The molecule has 3 rings (SSSR count). The van der Waals surface area contributed by atoms with E-state index in [-0.39, 0.29) is 12.5 Å². The van der Waals surface area contributed by atoms with E-state index in [1.165, 1.54) is 0 Å². The number of rotatable bonds is 7. The van der Waals surface area contributed by atoms with E-state index in [9.17, 15) is 4.79 Å². The molecule has 0 bridgehead atoms. The van der Waals surface area contributed by atoms with Gasteiger partial charge in [-0.3, -0.25) is 15.6 Å². The Morgan fingerprint density at radius 1 is 1.07 bits per heavy atom. The number of nitrogens with one attached hydrogen (secondary N) is 2. The molecule has 0 radical (unpaired) electrons. The second kappa shape index (κ2) is 9.28. The third kappa shape index (κ3) is 5.50. The van der Waals surface area contributed by atoms with Crippen LogP contribution in [0.15, 0.2) is 49.0 Å². The van der Waals surface area contributed by atoms with Crippen molar-refractivity contribution in [3.05, 3.63) is 65.7 Å². The van der Waals surface area contributed by atoms with Gasteiger partial charge >= 0.3 is 0 Å². The van der Waals surface area contributed by atoms with Gasteiger partial charge in [0.1, 0.15) is 5.75 Å². The molecule has 1 amide bonds. The molecule has 0 aromatic heterocycles. The van der Waals surface area contributed by atoms with E-state index in [1.54, 1.807) is 0 Å². The predicted octanol–water partition coefficient (Wildman–Crippen LogP) is 2.81. The van der Waals surface area contributed by atoms with E-state index in [4.69, 9.17) is 9.47 Å². The Bertz CT molecular complexity index is 807. The molecule has 0 aliphatic carbocycles. The van der Waals surface area contributed by atoms with Crippen molar-refractivity contribution < 1.29 is 14.3 Å². The minimum absolute atomic E-state index is 0.0703. The number of nitrogens with zero attached hydrogens (tertiary/aromatic N) is 1. The van der Waals surface area contributed by atoms with Gasteiger partial charge in [0.15, 0.2) is 6.61 Å². The van der Waals surface area contributed by atoms with Gasteiger partial charge in [0.2, 0.25) is 0 Å². The Morgan fingerprint density at radius 3 is 2.36 bits per heavy atom. The fraction of sp³-hybridized carbons (Fsp3) is 0.318. The van der Waals surface area contributed by atoms with Gasteiger partial charge in [-0.05, 0) is 54.8 Å². The maximum absolute atomic E-state index is 12.0. The summed E-state index contributed by atoms with van der Waals surface area (Å²) in [7, 11) is 0. The first-order chi connectivity index (χ1) is 13.5. The molecular weight excluding hydrogens is 354 g/mol. The minimum atomic E-state index is -0.273. The van der Waals surface area contributed by atoms with Crippen molar-refractivity contribution in [1.82, 2.24) is 10.9 Å². The highest BCUT2D eigenvalue weighted by molar-refractivity contribution is 5.78. The summed E-state index contributed by atoms with van der Waals surface area (Å²) >= 11 is 0. The summed E-state index contributed by atoms with van der Waals surface area (Å²) in [6.07, 6.45) is 0. The fourth-order valence-corrected chi connectivity index (χ4v) is 3.11. The lowest BCUT2D eigenvalue weighted by molar-refractivity contribution is -0.123. The van der Waals surface area contributed by atoms with Gasteiger partial charge in [-0.25, -0.2) is 0 Å². The summed E-state index contributed by atoms with van der Waals surface area (Å²) in [6, 6.07) is 13.9. The highest BCUT2D eigenvalue weighted by atomic mass is 16.5. The molecule has 0 saturated carbocycles. The number of hydrazine groups is 1. The van der Waals surface area contributed by atoms with Crippen LogP contribution in [0.3, 0.4) is 0 Å². The zero-order chi connectivity index (χ0) is 19.9. The molecule has 0 spiro atoms. The SMILES string of the molecule is C=C(NNC(=O)COc1cc(C)cc(C)c1)c1ccc(N2CCOCC2)cc1. The van der Waals surface area contributed by atoms with E-state index in [2.05, 4.69) is 40.5 Å². The molecular formula is C22H27N3O3. The fourth-order valence-electron chi connectivity index (χ4n) is 3.11. The molecule has 2 aromatic carbocycles. The number of hydrogen-bond acceptors (Lipinski definition) is 5. The van der Waals surface area contributed by atoms with Crippen LogP contribution in [-0.4, -0.2) is 38.8 Å². The molecule has 1 aliphatic heterocycles. The zero-order valence-corrected chi connectivity index (χ0v) is 16.5. The molecule has 0 atom stereocenters. The third-order valence-corrected chi connectivity index (χ3v) is 4.51. The lowest BCUT2D eigenvalue weighted by atomic mass is 10.1. The van der Waals surface area contributed by atoms with Gasteiger partial charge in [-0.1, -0.05) is 24.8 Å². The second-order valence-electron chi connectivity index (χ2n) is 6.91. The lowest BCUT2D eigenvalue weighted by Crippen LogP contribution is -2.39. The summed E-state index contributed by atoms with van der Waals surface area (Å²) in [5, 5.41) is 0. The summed E-state index contributed by atoms with van der Waals surface area (Å²) in [5.41, 5.74) is 10.4. The first-order valence-corrected chi connectivity index (χ1v) is 9.39. The third-order valence-electron chi connectivity index (χ3n) is 4.51. The number of amides is 1. The van der Waals surface area contributed by atoms with Crippen molar-refractivity contribution in [3.63, 3.8) is 0 Å². The van der Waals surface area contributed by atoms with Crippen molar-refractivity contribution in [3.8, 4) is 5.75 Å². The molecule has 2 aromatic rings. The second-order valence-corrected chi connectivity index (χ2v) is 6.91. The Hall–Kier alpha value is -2.99. The highest BCUT2D eigenvalue weighted by Crippen LogP contribution is 2.19. The Kier molecular flexibility index (Phi) is 6.55. The number of aryl methyl sites for hydroxylation is 2. The van der Waals surface area contributed by atoms with Crippen LogP contribution >= 0.6 is 0 Å². The zero-order valence-electron chi connectivity index (χ0n) is 16.5. The van der Waals surface area contributed by atoms with Crippen LogP contribution in [0.1, 0.15) is 16.7 Å². The van der Waals surface area contributed by atoms with Gasteiger partial charge in [0.25, 0.3) is 5.91 Å². The van der Waals surface area contributed by atoms with Gasteiger partial charge in [0.05, 0.1) is 18.9 Å². The Balaban J connectivity index is 1.45. The smallest absolute Gasteiger partial charge is 0.276 e. The van der Waals surface area contributed by atoms with Crippen LogP contribution in [0.4, 0.5) is 5.69 Å². The average molecular weight is 381 g/mol. The topological polar surface area (TPSA) is 62.8 Å². The maximum Gasteiger partial charge on any atom is 0.276 e. The first-order valence-electron chi connectivity index (χ1n) is 9.39. The van der Waals surface area contributed by atoms with Gasteiger partial charge < -0.3 is 14.4 Å². The molecule has 6 nitrogen and oxygen atoms in total. The number of benzene rings is 2. The van der Waals surface area contributed by atoms with Crippen molar-refractivity contribution in [1.29, 1.82) is 0 Å². The lowest BCUT2D eigenvalue weighted by Gasteiger charge is -2.29. The van der Waals surface area contributed by atoms with Crippen LogP contribution in [0.25, 0.3) is 5.70 Å². The normalized spacial score (nSPS) is 13.7. The summed E-state index contributed by atoms with van der Waals surface area (Å²) in [4.78, 5) is 14.3. The molecule has 1 saturated heterocycles. The Morgan fingerprint density at radius 2 is 1.71 bits per heavy atom. The quantitative estimate of drug-likeness (QED) is 0.722. The number of ether oxygens (including phenoxy) is 2. The predicted molar refractivity (Wildman–Crippen MR) is 111 cm³/mol. The number of carbonyl (C=O) groups excluding carboxylic acids is 1. The molecule has 1 heterocycles. The van der Waals surface area contributed by atoms with Gasteiger partial charge in [0, 0.05) is 18.8 Å². The van der Waals surface area contributed by atoms with Crippen LogP contribution in [-0.2, 0) is 9.53 Å². The molecule has 148 valence electrons. The van der Waals surface area contributed by atoms with E-state index >= 15 is 0 Å². The van der Waals surface area contributed by atoms with E-state index in [1.807, 2.05) is 38.1 Å². The largest absolute Gasteiger partial charge is 0.484 e. The molecule has 2 N–H and O–H groups in total. The van der Waals surface area contributed by atoms with Crippen LogP contribution in [0.5, 0.6) is 5.75 Å². The number of morpholine rings is 1. The van der Waals surface area contributed by atoms with Crippen molar-refractivity contribution >= 4 is 17.3 Å².